The van der Waals surface area contributed by atoms with Crippen LogP contribution < -0.4 is 11.1 Å². The lowest BCUT2D eigenvalue weighted by atomic mass is 10.1. The molecule has 5 N–H and O–H groups in total. The van der Waals surface area contributed by atoms with E-state index in [1.807, 2.05) is 5.32 Å². The van der Waals surface area contributed by atoms with Crippen molar-refractivity contribution in [3.05, 3.63) is 0 Å². The van der Waals surface area contributed by atoms with Crippen molar-refractivity contribution < 1.29 is 28.2 Å². The predicted octanol–water partition coefficient (Wildman–Crippen LogP) is -2.30. The quantitative estimate of drug-likeness (QED) is 0.410. The smallest absolute Gasteiger partial charge is 0.328 e. The maximum atomic E-state index is 11.5. The van der Waals surface area contributed by atoms with Crippen molar-refractivity contribution in [1.82, 2.24) is 5.32 Å². The number of aliphatic hydroxyl groups is 1. The normalized spacial score (nSPS) is 16.7. The second-order valence-electron chi connectivity index (χ2n) is 4.09. The first kappa shape index (κ1) is 16.8. The largest absolute Gasteiger partial charge is 0.480 e. The molecule has 0 fully saturated rings. The summed E-state index contributed by atoms with van der Waals surface area (Å²) in [5, 5.41) is 19.9. The minimum Gasteiger partial charge on any atom is -0.480 e. The van der Waals surface area contributed by atoms with Crippen molar-refractivity contribution in [2.75, 3.05) is 12.0 Å². The third-order valence-electron chi connectivity index (χ3n) is 2.18. The molecule has 0 spiro atoms. The van der Waals surface area contributed by atoms with Gasteiger partial charge in [0.2, 0.25) is 5.91 Å². The Morgan fingerprint density at radius 3 is 2.22 bits per heavy atom. The minimum absolute atomic E-state index is 0.114. The second kappa shape index (κ2) is 6.66. The van der Waals surface area contributed by atoms with Crippen LogP contribution in [0.15, 0.2) is 0 Å². The summed E-state index contributed by atoms with van der Waals surface area (Å²) < 4.78 is 21.8. The lowest BCUT2D eigenvalue weighted by Gasteiger charge is -2.19. The van der Waals surface area contributed by atoms with Gasteiger partial charge in [0, 0.05) is 6.26 Å². The summed E-state index contributed by atoms with van der Waals surface area (Å²) in [5.41, 5.74) is 5.42. The van der Waals surface area contributed by atoms with Gasteiger partial charge in [0.1, 0.15) is 9.84 Å². The molecule has 1 amide bonds. The van der Waals surface area contributed by atoms with E-state index >= 15 is 0 Å². The molecular formula is C9H18N2O6S. The fourth-order valence-corrected chi connectivity index (χ4v) is 1.80. The number of carbonyl (C=O) groups excluding carboxylic acids is 1. The maximum absolute atomic E-state index is 11.5. The fraction of sp³-hybridized carbons (Fsp3) is 0.778. The van der Waals surface area contributed by atoms with Crippen LogP contribution in [0.1, 0.15) is 13.3 Å². The van der Waals surface area contributed by atoms with Crippen LogP contribution in [0.3, 0.4) is 0 Å². The molecule has 0 aliphatic heterocycles. The molecule has 0 aromatic carbocycles. The van der Waals surface area contributed by atoms with Crippen molar-refractivity contribution in [2.45, 2.75) is 31.5 Å². The van der Waals surface area contributed by atoms with Crippen molar-refractivity contribution in [3.63, 3.8) is 0 Å². The van der Waals surface area contributed by atoms with E-state index < -0.39 is 39.9 Å². The fourth-order valence-electron chi connectivity index (χ4n) is 1.12. The molecule has 9 heteroatoms. The molecule has 0 saturated carbocycles. The Labute approximate surface area is 105 Å². The van der Waals surface area contributed by atoms with Crippen molar-refractivity contribution in [2.24, 2.45) is 5.73 Å². The molecule has 0 aliphatic carbocycles. The van der Waals surface area contributed by atoms with Gasteiger partial charge in [-0.05, 0) is 13.3 Å². The number of carboxylic acids is 1. The van der Waals surface area contributed by atoms with E-state index in [1.165, 1.54) is 6.92 Å². The van der Waals surface area contributed by atoms with E-state index in [2.05, 4.69) is 0 Å². The molecule has 0 aromatic rings. The minimum atomic E-state index is -3.24. The van der Waals surface area contributed by atoms with Crippen molar-refractivity contribution >= 4 is 21.7 Å². The topological polar surface area (TPSA) is 147 Å². The zero-order valence-corrected chi connectivity index (χ0v) is 11.0. The number of carbonyl (C=O) groups is 2. The number of aliphatic carboxylic acids is 1. The van der Waals surface area contributed by atoms with Gasteiger partial charge < -0.3 is 21.3 Å². The highest BCUT2D eigenvalue weighted by Crippen LogP contribution is 1.98. The van der Waals surface area contributed by atoms with Gasteiger partial charge in [-0.25, -0.2) is 13.2 Å². The Kier molecular flexibility index (Phi) is 6.22. The molecular weight excluding hydrogens is 264 g/mol. The Morgan fingerprint density at radius 1 is 1.39 bits per heavy atom. The maximum Gasteiger partial charge on any atom is 0.328 e. The molecule has 0 radical (unpaired) electrons. The van der Waals surface area contributed by atoms with Crippen LogP contribution >= 0.6 is 0 Å². The molecule has 18 heavy (non-hydrogen) atoms. The number of aliphatic hydroxyl groups excluding tert-OH is 1. The standard InChI is InChI=1S/C9H18N2O6S/c1-5(12)7(9(14)15)11-8(13)6(10)3-4-18(2,16)17/h5-7,12H,3-4,10H2,1-2H3,(H,11,13)(H,14,15)/t5-,6?,7+/m1/s1. The van der Waals surface area contributed by atoms with Crippen LogP contribution in [-0.4, -0.2) is 60.7 Å². The molecule has 0 saturated heterocycles. The molecule has 106 valence electrons. The Morgan fingerprint density at radius 2 is 1.89 bits per heavy atom. The summed E-state index contributed by atoms with van der Waals surface area (Å²) in [6.45, 7) is 1.21. The van der Waals surface area contributed by atoms with Crippen LogP contribution in [0.2, 0.25) is 0 Å². The van der Waals surface area contributed by atoms with Crippen LogP contribution in [0.5, 0.6) is 0 Å². The van der Waals surface area contributed by atoms with Gasteiger partial charge in [-0.3, -0.25) is 4.79 Å². The Bertz CT molecular complexity index is 405. The van der Waals surface area contributed by atoms with Gasteiger partial charge in [-0.2, -0.15) is 0 Å². The van der Waals surface area contributed by atoms with E-state index in [0.717, 1.165) is 6.26 Å². The monoisotopic (exact) mass is 282 g/mol. The molecule has 3 atom stereocenters. The van der Waals surface area contributed by atoms with Crippen molar-refractivity contribution in [1.29, 1.82) is 0 Å². The number of nitrogens with one attached hydrogen (secondary N) is 1. The van der Waals surface area contributed by atoms with Crippen LogP contribution in [0, 0.1) is 0 Å². The highest BCUT2D eigenvalue weighted by Gasteiger charge is 2.27. The average molecular weight is 282 g/mol. The summed E-state index contributed by atoms with van der Waals surface area (Å²) in [5.74, 6) is -2.48. The number of rotatable bonds is 7. The zero-order chi connectivity index (χ0) is 14.5. The van der Waals surface area contributed by atoms with Gasteiger partial charge in [-0.15, -0.1) is 0 Å². The Hall–Kier alpha value is -1.19. The molecule has 1 unspecified atom stereocenters. The molecule has 0 aliphatic rings. The van der Waals surface area contributed by atoms with Crippen LogP contribution in [0.4, 0.5) is 0 Å². The molecule has 0 bridgehead atoms. The lowest BCUT2D eigenvalue weighted by molar-refractivity contribution is -0.145. The van der Waals surface area contributed by atoms with Gasteiger partial charge in [0.05, 0.1) is 17.9 Å². The first-order valence-electron chi connectivity index (χ1n) is 5.19. The molecule has 0 aromatic heterocycles. The van der Waals surface area contributed by atoms with Gasteiger partial charge >= 0.3 is 5.97 Å². The summed E-state index contributed by atoms with van der Waals surface area (Å²) in [4.78, 5) is 22.2. The summed E-state index contributed by atoms with van der Waals surface area (Å²) >= 11 is 0. The molecule has 0 rings (SSSR count). The van der Waals surface area contributed by atoms with Crippen LogP contribution in [-0.2, 0) is 19.4 Å². The van der Waals surface area contributed by atoms with E-state index in [1.54, 1.807) is 0 Å². The van der Waals surface area contributed by atoms with Gasteiger partial charge in [-0.1, -0.05) is 0 Å². The SMILES string of the molecule is C[C@@H](O)[C@H](NC(=O)C(N)CCS(C)(=O)=O)C(=O)O. The number of sulfone groups is 1. The number of hydrogen-bond acceptors (Lipinski definition) is 6. The highest BCUT2D eigenvalue weighted by molar-refractivity contribution is 7.90. The predicted molar refractivity (Wildman–Crippen MR) is 63.6 cm³/mol. The van der Waals surface area contributed by atoms with Crippen molar-refractivity contribution in [3.8, 4) is 0 Å². The molecule has 8 nitrogen and oxygen atoms in total. The Balaban J connectivity index is 4.43. The number of nitrogens with two attached hydrogens (primary N) is 1. The number of hydrogen-bond donors (Lipinski definition) is 4. The third kappa shape index (κ3) is 6.52. The van der Waals surface area contributed by atoms with Gasteiger partial charge in [0.15, 0.2) is 6.04 Å². The van der Waals surface area contributed by atoms with E-state index in [4.69, 9.17) is 15.9 Å². The number of amides is 1. The third-order valence-corrected chi connectivity index (χ3v) is 3.16. The lowest BCUT2D eigenvalue weighted by Crippen LogP contribution is -2.52. The summed E-state index contributed by atoms with van der Waals surface area (Å²) in [6.07, 6.45) is -0.391. The first-order chi connectivity index (χ1) is 8.04. The van der Waals surface area contributed by atoms with E-state index in [0.29, 0.717) is 0 Å². The highest BCUT2D eigenvalue weighted by atomic mass is 32.2. The second-order valence-corrected chi connectivity index (χ2v) is 6.35. The van der Waals surface area contributed by atoms with Crippen LogP contribution in [0.25, 0.3) is 0 Å². The number of carboxylic acid groups (broad SMARTS) is 1. The molecule has 0 heterocycles. The van der Waals surface area contributed by atoms with E-state index in [9.17, 15) is 18.0 Å². The zero-order valence-electron chi connectivity index (χ0n) is 10.2. The average Bonchev–Trinajstić information content (AvgIpc) is 2.19. The first-order valence-corrected chi connectivity index (χ1v) is 7.25. The van der Waals surface area contributed by atoms with Gasteiger partial charge in [0.25, 0.3) is 0 Å². The summed E-state index contributed by atoms with van der Waals surface area (Å²) in [6, 6.07) is -2.61. The van der Waals surface area contributed by atoms with E-state index in [-0.39, 0.29) is 12.2 Å². The summed E-state index contributed by atoms with van der Waals surface area (Å²) in [7, 11) is -3.24.